The second-order valence-electron chi connectivity index (χ2n) is 3.69. The number of halogens is 2. The lowest BCUT2D eigenvalue weighted by molar-refractivity contribution is 1.53. The highest BCUT2D eigenvalue weighted by Crippen LogP contribution is 2.24. The Kier molecular flexibility index (Phi) is 4.07. The molecular formula is C13H10Cl2N2S. The van der Waals surface area contributed by atoms with Gasteiger partial charge in [0.05, 0.1) is 5.02 Å². The van der Waals surface area contributed by atoms with Crippen molar-refractivity contribution >= 4 is 51.8 Å². The molecule has 5 heteroatoms. The predicted molar refractivity (Wildman–Crippen MR) is 82.1 cm³/mol. The monoisotopic (exact) mass is 296 g/mol. The van der Waals surface area contributed by atoms with Crippen molar-refractivity contribution in [3.05, 3.63) is 58.1 Å². The van der Waals surface area contributed by atoms with Gasteiger partial charge in [-0.15, -0.1) is 0 Å². The SMILES string of the molecule is NC(=S)c1ccc(Nc2ccc(Cl)cc2)cc1Cl. The minimum absolute atomic E-state index is 0.290. The molecule has 92 valence electrons. The van der Waals surface area contributed by atoms with Crippen molar-refractivity contribution in [2.45, 2.75) is 0 Å². The van der Waals surface area contributed by atoms with E-state index in [0.29, 0.717) is 15.6 Å². The lowest BCUT2D eigenvalue weighted by Crippen LogP contribution is -2.09. The van der Waals surface area contributed by atoms with Gasteiger partial charge in [-0.25, -0.2) is 0 Å². The predicted octanol–water partition coefficient (Wildman–Crippen LogP) is 4.37. The third kappa shape index (κ3) is 3.13. The standard InChI is InChI=1S/C13H10Cl2N2S/c14-8-1-3-9(4-2-8)17-10-5-6-11(13(16)18)12(15)7-10/h1-7,17H,(H2,16,18). The Labute approximate surface area is 121 Å². The molecule has 0 heterocycles. The van der Waals surface area contributed by atoms with E-state index >= 15 is 0 Å². The van der Waals surface area contributed by atoms with Gasteiger partial charge in [-0.05, 0) is 42.5 Å². The van der Waals surface area contributed by atoms with Crippen LogP contribution in [-0.4, -0.2) is 4.99 Å². The summed E-state index contributed by atoms with van der Waals surface area (Å²) in [6.07, 6.45) is 0. The molecule has 3 N–H and O–H groups in total. The molecule has 0 aliphatic rings. The summed E-state index contributed by atoms with van der Waals surface area (Å²) in [7, 11) is 0. The molecule has 0 amide bonds. The molecule has 2 aromatic carbocycles. The Morgan fingerprint density at radius 2 is 1.61 bits per heavy atom. The number of hydrogen-bond acceptors (Lipinski definition) is 2. The van der Waals surface area contributed by atoms with Crippen LogP contribution in [0.25, 0.3) is 0 Å². The van der Waals surface area contributed by atoms with Crippen LogP contribution in [0.15, 0.2) is 42.5 Å². The number of thiocarbonyl (C=S) groups is 1. The molecule has 0 fully saturated rings. The molecule has 2 aromatic rings. The average Bonchev–Trinajstić information content (AvgIpc) is 2.32. The first-order chi connectivity index (χ1) is 8.56. The zero-order chi connectivity index (χ0) is 13.1. The maximum atomic E-state index is 6.09. The molecule has 2 rings (SSSR count). The highest BCUT2D eigenvalue weighted by Gasteiger charge is 2.04. The fourth-order valence-corrected chi connectivity index (χ4v) is 2.13. The number of nitrogens with one attached hydrogen (secondary N) is 1. The molecule has 18 heavy (non-hydrogen) atoms. The summed E-state index contributed by atoms with van der Waals surface area (Å²) in [5.41, 5.74) is 8.01. The Hall–Kier alpha value is -1.29. The van der Waals surface area contributed by atoms with Crippen molar-refractivity contribution in [3.8, 4) is 0 Å². The molecule has 0 saturated carbocycles. The summed E-state index contributed by atoms with van der Waals surface area (Å²) in [5, 5.41) is 4.44. The molecule has 0 aromatic heterocycles. The fraction of sp³-hybridized carbons (Fsp3) is 0. The molecule has 0 aliphatic heterocycles. The lowest BCUT2D eigenvalue weighted by Gasteiger charge is -2.09. The van der Waals surface area contributed by atoms with E-state index in [1.165, 1.54) is 0 Å². The first-order valence-corrected chi connectivity index (χ1v) is 6.34. The normalized spacial score (nSPS) is 10.1. The third-order valence-electron chi connectivity index (χ3n) is 2.37. The fourth-order valence-electron chi connectivity index (χ4n) is 1.49. The highest BCUT2D eigenvalue weighted by atomic mass is 35.5. The summed E-state index contributed by atoms with van der Waals surface area (Å²) in [6.45, 7) is 0. The average molecular weight is 297 g/mol. The van der Waals surface area contributed by atoms with Gasteiger partial charge in [-0.2, -0.15) is 0 Å². The summed E-state index contributed by atoms with van der Waals surface area (Å²) in [5.74, 6) is 0. The largest absolute Gasteiger partial charge is 0.389 e. The number of rotatable bonds is 3. The third-order valence-corrected chi connectivity index (χ3v) is 3.15. The molecule has 0 aliphatic carbocycles. The van der Waals surface area contributed by atoms with Crippen LogP contribution in [0.5, 0.6) is 0 Å². The molecule has 0 radical (unpaired) electrons. The maximum Gasteiger partial charge on any atom is 0.105 e. The Morgan fingerprint density at radius 3 is 2.17 bits per heavy atom. The van der Waals surface area contributed by atoms with Crippen molar-refractivity contribution in [1.82, 2.24) is 0 Å². The van der Waals surface area contributed by atoms with E-state index in [1.54, 1.807) is 12.1 Å². The van der Waals surface area contributed by atoms with E-state index in [-0.39, 0.29) is 4.99 Å². The molecule has 0 saturated heterocycles. The minimum Gasteiger partial charge on any atom is -0.389 e. The number of nitrogens with two attached hydrogens (primary N) is 1. The highest BCUT2D eigenvalue weighted by molar-refractivity contribution is 7.80. The van der Waals surface area contributed by atoms with Crippen molar-refractivity contribution in [1.29, 1.82) is 0 Å². The molecule has 0 atom stereocenters. The van der Waals surface area contributed by atoms with Gasteiger partial charge in [0.1, 0.15) is 4.99 Å². The van der Waals surface area contributed by atoms with Gasteiger partial charge >= 0.3 is 0 Å². The van der Waals surface area contributed by atoms with Crippen molar-refractivity contribution in [3.63, 3.8) is 0 Å². The van der Waals surface area contributed by atoms with Crippen molar-refractivity contribution < 1.29 is 0 Å². The van der Waals surface area contributed by atoms with E-state index in [4.69, 9.17) is 41.2 Å². The van der Waals surface area contributed by atoms with Crippen LogP contribution in [0.1, 0.15) is 5.56 Å². The van der Waals surface area contributed by atoms with Gasteiger partial charge in [-0.3, -0.25) is 0 Å². The van der Waals surface area contributed by atoms with Gasteiger partial charge < -0.3 is 11.1 Å². The van der Waals surface area contributed by atoms with E-state index in [9.17, 15) is 0 Å². The van der Waals surface area contributed by atoms with Gasteiger partial charge in [0, 0.05) is 22.0 Å². The summed E-state index contributed by atoms with van der Waals surface area (Å²) in [4.78, 5) is 0.290. The smallest absolute Gasteiger partial charge is 0.105 e. The van der Waals surface area contributed by atoms with Gasteiger partial charge in [0.2, 0.25) is 0 Å². The van der Waals surface area contributed by atoms with Crippen molar-refractivity contribution in [2.75, 3.05) is 5.32 Å². The Balaban J connectivity index is 2.22. The van der Waals surface area contributed by atoms with Gasteiger partial charge in [0.25, 0.3) is 0 Å². The van der Waals surface area contributed by atoms with E-state index in [2.05, 4.69) is 5.32 Å². The zero-order valence-corrected chi connectivity index (χ0v) is 11.6. The summed E-state index contributed by atoms with van der Waals surface area (Å²) >= 11 is 16.8. The topological polar surface area (TPSA) is 38.0 Å². The second kappa shape index (κ2) is 5.57. The molecular weight excluding hydrogens is 287 g/mol. The zero-order valence-electron chi connectivity index (χ0n) is 9.28. The quantitative estimate of drug-likeness (QED) is 0.826. The number of hydrogen-bond donors (Lipinski definition) is 2. The number of anilines is 2. The van der Waals surface area contributed by atoms with Gasteiger partial charge in [0.15, 0.2) is 0 Å². The second-order valence-corrected chi connectivity index (χ2v) is 4.97. The molecule has 0 spiro atoms. The first-order valence-electron chi connectivity index (χ1n) is 5.18. The summed E-state index contributed by atoms with van der Waals surface area (Å²) < 4.78 is 0. The van der Waals surface area contributed by atoms with Crippen molar-refractivity contribution in [2.24, 2.45) is 5.73 Å². The van der Waals surface area contributed by atoms with Crippen LogP contribution in [0.4, 0.5) is 11.4 Å². The van der Waals surface area contributed by atoms with Crippen LogP contribution >= 0.6 is 35.4 Å². The van der Waals surface area contributed by atoms with E-state index in [0.717, 1.165) is 11.4 Å². The van der Waals surface area contributed by atoms with Crippen LogP contribution < -0.4 is 11.1 Å². The first kappa shape index (κ1) is 13.1. The molecule has 2 nitrogen and oxygen atoms in total. The van der Waals surface area contributed by atoms with Gasteiger partial charge in [-0.1, -0.05) is 35.4 Å². The number of benzene rings is 2. The minimum atomic E-state index is 0.290. The molecule has 0 unspecified atom stereocenters. The van der Waals surface area contributed by atoms with E-state index < -0.39 is 0 Å². The molecule has 0 bridgehead atoms. The van der Waals surface area contributed by atoms with Crippen LogP contribution in [0, 0.1) is 0 Å². The maximum absolute atomic E-state index is 6.09. The van der Waals surface area contributed by atoms with Crippen LogP contribution in [0.3, 0.4) is 0 Å². The van der Waals surface area contributed by atoms with Crippen LogP contribution in [-0.2, 0) is 0 Å². The Bertz CT molecular complexity index is 582. The Morgan fingerprint density at radius 1 is 1.00 bits per heavy atom. The van der Waals surface area contributed by atoms with E-state index in [1.807, 2.05) is 30.3 Å². The summed E-state index contributed by atoms with van der Waals surface area (Å²) in [6, 6.07) is 12.8. The lowest BCUT2D eigenvalue weighted by atomic mass is 10.2. The van der Waals surface area contributed by atoms with Crippen LogP contribution in [0.2, 0.25) is 10.0 Å².